The molecule has 0 saturated carbocycles. The number of nitrogens with one attached hydrogen (secondary N) is 1. The molecule has 10 heteroatoms. The van der Waals surface area contributed by atoms with Gasteiger partial charge < -0.3 is 5.32 Å². The number of anilines is 1. The van der Waals surface area contributed by atoms with E-state index in [2.05, 4.69) is 10.3 Å². The molecule has 0 saturated heterocycles. The lowest BCUT2D eigenvalue weighted by atomic mass is 10.3. The van der Waals surface area contributed by atoms with Crippen molar-refractivity contribution >= 4 is 45.6 Å². The molecule has 2 aromatic rings. The third-order valence-corrected chi connectivity index (χ3v) is 4.75. The molecule has 0 radical (unpaired) electrons. The van der Waals surface area contributed by atoms with E-state index in [1.54, 1.807) is 11.4 Å². The Hall–Kier alpha value is -1.76. The molecule has 0 spiro atoms. The monoisotopic (exact) mass is 377 g/mol. The molecule has 0 bridgehead atoms. The summed E-state index contributed by atoms with van der Waals surface area (Å²) in [4.78, 5) is 15.4. The number of hydrogen-bond donors (Lipinski definition) is 1. The summed E-state index contributed by atoms with van der Waals surface area (Å²) in [6.07, 6.45) is -3.86. The molecule has 0 fully saturated rings. The molecule has 1 amide bonds. The lowest BCUT2D eigenvalue weighted by Crippen LogP contribution is -2.14. The number of amides is 1. The van der Waals surface area contributed by atoms with Crippen molar-refractivity contribution in [2.45, 2.75) is 11.2 Å². The Kier molecular flexibility index (Phi) is 5.51. The molecule has 0 unspecified atom stereocenters. The van der Waals surface area contributed by atoms with Crippen LogP contribution in [-0.4, -0.2) is 16.6 Å². The van der Waals surface area contributed by atoms with Gasteiger partial charge in [0.25, 0.3) is 0 Å². The number of thiophene rings is 1. The maximum Gasteiger partial charge on any atom is 0.417 e. The number of pyridine rings is 1. The second-order valence-electron chi connectivity index (χ2n) is 4.12. The first-order valence-electron chi connectivity index (χ1n) is 5.94. The maximum atomic E-state index is 12.5. The highest BCUT2D eigenvalue weighted by Crippen LogP contribution is 2.33. The minimum absolute atomic E-state index is 0.0964. The van der Waals surface area contributed by atoms with Crippen molar-refractivity contribution in [3.8, 4) is 6.07 Å². The molecule has 0 atom stereocenters. The van der Waals surface area contributed by atoms with Crippen LogP contribution in [0.2, 0.25) is 5.02 Å². The number of hydrogen-bond acceptors (Lipinski definition) is 5. The van der Waals surface area contributed by atoms with Crippen LogP contribution in [0.5, 0.6) is 0 Å². The van der Waals surface area contributed by atoms with Gasteiger partial charge in [0.1, 0.15) is 16.1 Å². The van der Waals surface area contributed by atoms with Crippen molar-refractivity contribution < 1.29 is 18.0 Å². The minimum atomic E-state index is -4.52. The summed E-state index contributed by atoms with van der Waals surface area (Å²) in [6, 6.07) is 4.27. The van der Waals surface area contributed by atoms with Gasteiger partial charge in [0.15, 0.2) is 0 Å². The predicted molar refractivity (Wildman–Crippen MR) is 82.6 cm³/mol. The van der Waals surface area contributed by atoms with Gasteiger partial charge in [-0.1, -0.05) is 23.4 Å². The molecule has 0 aliphatic rings. The third-order valence-electron chi connectivity index (χ3n) is 2.51. The van der Waals surface area contributed by atoms with Gasteiger partial charge in [-0.15, -0.1) is 11.3 Å². The summed E-state index contributed by atoms with van der Waals surface area (Å²) < 4.78 is 37.5. The average Bonchev–Trinajstić information content (AvgIpc) is 2.92. The highest BCUT2D eigenvalue weighted by Gasteiger charge is 2.31. The van der Waals surface area contributed by atoms with E-state index < -0.39 is 17.6 Å². The standard InChI is InChI=1S/C13H7ClF3N3OS2/c14-9-3-8(13(15,16)17)5-19-12(9)23-6-10(21)20-11-7(4-18)1-2-22-11/h1-3,5H,6H2,(H,20,21). The molecule has 1 N–H and O–H groups in total. The Morgan fingerprint density at radius 3 is 2.87 bits per heavy atom. The third kappa shape index (κ3) is 4.60. The van der Waals surface area contributed by atoms with Gasteiger partial charge in [-0.25, -0.2) is 4.98 Å². The van der Waals surface area contributed by atoms with Crippen LogP contribution in [0, 0.1) is 11.3 Å². The number of thioether (sulfide) groups is 1. The van der Waals surface area contributed by atoms with E-state index in [1.165, 1.54) is 11.3 Å². The zero-order chi connectivity index (χ0) is 17.0. The fraction of sp³-hybridized carbons (Fsp3) is 0.154. The molecule has 0 aromatic carbocycles. The summed E-state index contributed by atoms with van der Waals surface area (Å²) in [5.41, 5.74) is -0.604. The van der Waals surface area contributed by atoms with Crippen molar-refractivity contribution in [3.63, 3.8) is 0 Å². The number of nitrogens with zero attached hydrogens (tertiary/aromatic N) is 2. The Morgan fingerprint density at radius 1 is 1.52 bits per heavy atom. The Labute approximate surface area is 142 Å². The second-order valence-corrected chi connectivity index (χ2v) is 6.41. The molecule has 2 rings (SSSR count). The van der Waals surface area contributed by atoms with Crippen molar-refractivity contribution in [1.82, 2.24) is 4.98 Å². The molecule has 2 aromatic heterocycles. The van der Waals surface area contributed by atoms with Crippen LogP contribution >= 0.6 is 34.7 Å². The van der Waals surface area contributed by atoms with Crippen molar-refractivity contribution in [1.29, 1.82) is 5.26 Å². The van der Waals surface area contributed by atoms with Gasteiger partial charge in [0.05, 0.1) is 21.9 Å². The fourth-order valence-electron chi connectivity index (χ4n) is 1.48. The molecular weight excluding hydrogens is 371 g/mol. The lowest BCUT2D eigenvalue weighted by Gasteiger charge is -2.08. The summed E-state index contributed by atoms with van der Waals surface area (Å²) in [5, 5.41) is 13.4. The number of nitriles is 1. The smallest absolute Gasteiger partial charge is 0.316 e. The molecular formula is C13H7ClF3N3OS2. The minimum Gasteiger partial charge on any atom is -0.316 e. The highest BCUT2D eigenvalue weighted by molar-refractivity contribution is 8.00. The van der Waals surface area contributed by atoms with Gasteiger partial charge in [0.2, 0.25) is 5.91 Å². The number of alkyl halides is 3. The molecule has 0 aliphatic heterocycles. The van der Waals surface area contributed by atoms with E-state index in [0.29, 0.717) is 16.8 Å². The number of halogens is 4. The first kappa shape index (κ1) is 17.6. The van der Waals surface area contributed by atoms with Crippen LogP contribution in [-0.2, 0) is 11.0 Å². The van der Waals surface area contributed by atoms with E-state index in [9.17, 15) is 18.0 Å². The van der Waals surface area contributed by atoms with E-state index in [1.807, 2.05) is 6.07 Å². The van der Waals surface area contributed by atoms with Gasteiger partial charge in [-0.2, -0.15) is 18.4 Å². The lowest BCUT2D eigenvalue weighted by molar-refractivity contribution is -0.137. The largest absolute Gasteiger partial charge is 0.417 e. The second kappa shape index (κ2) is 7.21. The number of rotatable bonds is 4. The van der Waals surface area contributed by atoms with E-state index >= 15 is 0 Å². The zero-order valence-electron chi connectivity index (χ0n) is 11.1. The molecule has 2 heterocycles. The van der Waals surface area contributed by atoms with Gasteiger partial charge in [0, 0.05) is 6.20 Å². The zero-order valence-corrected chi connectivity index (χ0v) is 13.5. The number of aromatic nitrogens is 1. The SMILES string of the molecule is N#Cc1ccsc1NC(=O)CSc1ncc(C(F)(F)F)cc1Cl. The van der Waals surface area contributed by atoms with Crippen molar-refractivity contribution in [3.05, 3.63) is 39.9 Å². The maximum absolute atomic E-state index is 12.5. The summed E-state index contributed by atoms with van der Waals surface area (Å²) in [6.45, 7) is 0. The molecule has 4 nitrogen and oxygen atoms in total. The van der Waals surface area contributed by atoms with Gasteiger partial charge in [-0.3, -0.25) is 4.79 Å². The number of carbonyl (C=O) groups excluding carboxylic acids is 1. The average molecular weight is 378 g/mol. The molecule has 23 heavy (non-hydrogen) atoms. The normalized spacial score (nSPS) is 11.1. The first-order chi connectivity index (χ1) is 10.8. The van der Waals surface area contributed by atoms with Gasteiger partial charge >= 0.3 is 6.18 Å². The Morgan fingerprint density at radius 2 is 2.26 bits per heavy atom. The van der Waals surface area contributed by atoms with Gasteiger partial charge in [-0.05, 0) is 17.5 Å². The topological polar surface area (TPSA) is 65.8 Å². The van der Waals surface area contributed by atoms with Crippen molar-refractivity contribution in [2.24, 2.45) is 0 Å². The van der Waals surface area contributed by atoms with Crippen LogP contribution in [0.15, 0.2) is 28.7 Å². The predicted octanol–water partition coefficient (Wildman–Crippen LogP) is 4.42. The summed E-state index contributed by atoms with van der Waals surface area (Å²) >= 11 is 7.86. The Bertz CT molecular complexity index is 771. The highest BCUT2D eigenvalue weighted by atomic mass is 35.5. The Balaban J connectivity index is 1.98. The summed E-state index contributed by atoms with van der Waals surface area (Å²) in [7, 11) is 0. The van der Waals surface area contributed by atoms with Crippen LogP contribution < -0.4 is 5.32 Å². The fourth-order valence-corrected chi connectivity index (χ4v) is 3.22. The van der Waals surface area contributed by atoms with Crippen LogP contribution in [0.25, 0.3) is 0 Å². The first-order valence-corrected chi connectivity index (χ1v) is 8.18. The molecule has 0 aliphatic carbocycles. The van der Waals surface area contributed by atoms with E-state index in [4.69, 9.17) is 16.9 Å². The van der Waals surface area contributed by atoms with Crippen LogP contribution in [0.1, 0.15) is 11.1 Å². The molecule has 120 valence electrons. The van der Waals surface area contributed by atoms with Crippen LogP contribution in [0.4, 0.5) is 18.2 Å². The summed E-state index contributed by atoms with van der Waals surface area (Å²) in [5.74, 6) is -0.507. The number of carbonyl (C=O) groups is 1. The van der Waals surface area contributed by atoms with E-state index in [0.717, 1.165) is 17.8 Å². The van der Waals surface area contributed by atoms with Crippen molar-refractivity contribution in [2.75, 3.05) is 11.1 Å². The van der Waals surface area contributed by atoms with Crippen LogP contribution in [0.3, 0.4) is 0 Å². The quantitative estimate of drug-likeness (QED) is 0.801. The van der Waals surface area contributed by atoms with E-state index in [-0.39, 0.29) is 15.8 Å².